The Kier molecular flexibility index (Phi) is 5.73. The molecule has 1 aliphatic heterocycles. The first-order valence-corrected chi connectivity index (χ1v) is 11.9. The van der Waals surface area contributed by atoms with Crippen molar-refractivity contribution in [2.45, 2.75) is 76.3 Å². The molecule has 3 aliphatic rings. The van der Waals surface area contributed by atoms with Crippen molar-refractivity contribution in [2.75, 3.05) is 19.8 Å². The van der Waals surface area contributed by atoms with E-state index in [2.05, 4.69) is 17.9 Å². The Labute approximate surface area is 173 Å². The van der Waals surface area contributed by atoms with E-state index in [0.29, 0.717) is 11.6 Å². The van der Waals surface area contributed by atoms with Gasteiger partial charge in [0.2, 0.25) is 0 Å². The molecule has 2 aliphatic carbocycles. The molecule has 152 valence electrons. The van der Waals surface area contributed by atoms with Gasteiger partial charge in [-0.3, -0.25) is 4.79 Å². The minimum absolute atomic E-state index is 0.0571. The summed E-state index contributed by atoms with van der Waals surface area (Å²) in [6, 6.07) is 6.69. The van der Waals surface area contributed by atoms with Crippen LogP contribution < -0.4 is 0 Å². The fraction of sp³-hybridized carbons (Fsp3) is 0.652. The molecule has 4 nitrogen and oxygen atoms in total. The van der Waals surface area contributed by atoms with Gasteiger partial charge < -0.3 is 9.80 Å². The zero-order valence-corrected chi connectivity index (χ0v) is 18.4. The molecule has 3 fully saturated rings. The molecule has 0 aromatic heterocycles. The molecule has 1 amide bonds. The molecular formula is C23H33N3OS. The summed E-state index contributed by atoms with van der Waals surface area (Å²) in [7, 11) is 3.61. The van der Waals surface area contributed by atoms with Gasteiger partial charge in [-0.1, -0.05) is 44.4 Å². The third kappa shape index (κ3) is 3.58. The number of carbonyl (C=O) groups is 1. The quantitative estimate of drug-likeness (QED) is 0.694. The highest BCUT2D eigenvalue weighted by atomic mass is 32.2. The summed E-state index contributed by atoms with van der Waals surface area (Å²) in [6.45, 7) is 2.15. The predicted molar refractivity (Wildman–Crippen MR) is 119 cm³/mol. The minimum atomic E-state index is 0.0571. The van der Waals surface area contributed by atoms with Crippen molar-refractivity contribution in [1.82, 2.24) is 9.80 Å². The first-order chi connectivity index (χ1) is 13.5. The molecule has 4 rings (SSSR count). The van der Waals surface area contributed by atoms with E-state index in [1.807, 2.05) is 23.9 Å². The number of carbonyl (C=O) groups excluding carboxylic acids is 1. The zero-order chi connectivity index (χ0) is 19.7. The van der Waals surface area contributed by atoms with E-state index in [4.69, 9.17) is 4.99 Å². The second-order valence-corrected chi connectivity index (χ2v) is 9.76. The maximum absolute atomic E-state index is 12.3. The maximum atomic E-state index is 12.3. The summed E-state index contributed by atoms with van der Waals surface area (Å²) < 4.78 is 0. The highest BCUT2D eigenvalue weighted by Gasteiger charge is 2.49. The topological polar surface area (TPSA) is 35.9 Å². The third-order valence-electron chi connectivity index (χ3n) is 6.74. The molecule has 0 unspecified atom stereocenters. The number of nitrogens with zero attached hydrogens (tertiary/aromatic N) is 3. The van der Waals surface area contributed by atoms with Gasteiger partial charge >= 0.3 is 0 Å². The lowest BCUT2D eigenvalue weighted by atomic mass is 9.95. The van der Waals surface area contributed by atoms with Gasteiger partial charge in [0.1, 0.15) is 0 Å². The lowest BCUT2D eigenvalue weighted by Gasteiger charge is -2.40. The first-order valence-electron chi connectivity index (χ1n) is 10.9. The Morgan fingerprint density at radius 3 is 2.57 bits per heavy atom. The molecule has 5 heteroatoms. The van der Waals surface area contributed by atoms with E-state index in [9.17, 15) is 4.79 Å². The van der Waals surface area contributed by atoms with Crippen molar-refractivity contribution in [3.8, 4) is 0 Å². The maximum Gasteiger partial charge on any atom is 0.253 e. The number of benzene rings is 1. The van der Waals surface area contributed by atoms with E-state index in [1.54, 1.807) is 19.0 Å². The Hall–Kier alpha value is -1.49. The molecule has 0 atom stereocenters. The van der Waals surface area contributed by atoms with Gasteiger partial charge in [-0.2, -0.15) is 0 Å². The summed E-state index contributed by atoms with van der Waals surface area (Å²) in [6.07, 6.45) is 11.6. The summed E-state index contributed by atoms with van der Waals surface area (Å²) in [5.41, 5.74) is 3.31. The number of hydrogen-bond acceptors (Lipinski definition) is 3. The van der Waals surface area contributed by atoms with Crippen molar-refractivity contribution < 1.29 is 4.79 Å². The standard InChI is InChI=1S/C23H33N3OS/c1-4-17-15-18(21(27)25(2)3)11-12-20(17)24-22-26(19-9-5-6-10-19)23(16-28-22)13-7-8-14-23/h11-12,15,19H,4-10,13-14,16H2,1-3H3. The summed E-state index contributed by atoms with van der Waals surface area (Å²) in [4.78, 5) is 21.9. The summed E-state index contributed by atoms with van der Waals surface area (Å²) in [5, 5.41) is 1.23. The SMILES string of the molecule is CCc1cc(C(=O)N(C)C)ccc1N=C1SCC2(CCCC2)N1C1CCCC1. The van der Waals surface area contributed by atoms with E-state index < -0.39 is 0 Å². The smallest absolute Gasteiger partial charge is 0.253 e. The average Bonchev–Trinajstić information content (AvgIpc) is 3.44. The molecule has 0 radical (unpaired) electrons. The van der Waals surface area contributed by atoms with Crippen LogP contribution in [0.1, 0.15) is 74.2 Å². The van der Waals surface area contributed by atoms with Crippen LogP contribution in [0.15, 0.2) is 23.2 Å². The van der Waals surface area contributed by atoms with Crippen molar-refractivity contribution in [2.24, 2.45) is 4.99 Å². The van der Waals surface area contributed by atoms with Gasteiger partial charge in [0.25, 0.3) is 5.91 Å². The second-order valence-electron chi connectivity index (χ2n) is 8.82. The van der Waals surface area contributed by atoms with Crippen LogP contribution in [0.5, 0.6) is 0 Å². The normalized spacial score (nSPS) is 23.2. The number of aliphatic imine (C=N–C) groups is 1. The number of amides is 1. The molecule has 0 bridgehead atoms. The lowest BCUT2D eigenvalue weighted by Crippen LogP contribution is -2.50. The third-order valence-corrected chi connectivity index (χ3v) is 7.97. The molecule has 2 saturated carbocycles. The van der Waals surface area contributed by atoms with Crippen LogP contribution >= 0.6 is 11.8 Å². The van der Waals surface area contributed by atoms with Crippen LogP contribution in [-0.2, 0) is 6.42 Å². The number of hydrogen-bond donors (Lipinski definition) is 0. The number of amidine groups is 1. The van der Waals surface area contributed by atoms with Crippen LogP contribution in [0.25, 0.3) is 0 Å². The summed E-state index contributed by atoms with van der Waals surface area (Å²) in [5.74, 6) is 1.25. The molecule has 28 heavy (non-hydrogen) atoms. The molecular weight excluding hydrogens is 366 g/mol. The molecule has 1 heterocycles. The van der Waals surface area contributed by atoms with Gasteiger partial charge in [0.15, 0.2) is 5.17 Å². The molecule has 1 spiro atoms. The fourth-order valence-electron chi connectivity index (χ4n) is 5.22. The van der Waals surface area contributed by atoms with Gasteiger partial charge in [0, 0.05) is 31.5 Å². The number of thioether (sulfide) groups is 1. The van der Waals surface area contributed by atoms with Crippen molar-refractivity contribution >= 4 is 28.5 Å². The Morgan fingerprint density at radius 1 is 1.21 bits per heavy atom. The predicted octanol–water partition coefficient (Wildman–Crippen LogP) is 5.24. The van der Waals surface area contributed by atoms with Gasteiger partial charge in [-0.15, -0.1) is 0 Å². The number of aryl methyl sites for hydroxylation is 1. The fourth-order valence-corrected chi connectivity index (χ4v) is 6.69. The van der Waals surface area contributed by atoms with Crippen LogP contribution in [-0.4, -0.2) is 52.3 Å². The van der Waals surface area contributed by atoms with Crippen LogP contribution in [0.4, 0.5) is 5.69 Å². The Balaban J connectivity index is 1.68. The van der Waals surface area contributed by atoms with Gasteiger partial charge in [-0.25, -0.2) is 4.99 Å². The summed E-state index contributed by atoms with van der Waals surface area (Å²) >= 11 is 1.96. The molecule has 1 aromatic rings. The average molecular weight is 400 g/mol. The van der Waals surface area contributed by atoms with E-state index in [0.717, 1.165) is 17.7 Å². The Morgan fingerprint density at radius 2 is 1.93 bits per heavy atom. The first kappa shape index (κ1) is 19.8. The van der Waals surface area contributed by atoms with E-state index in [-0.39, 0.29) is 5.91 Å². The molecule has 0 N–H and O–H groups in total. The van der Waals surface area contributed by atoms with Crippen LogP contribution in [0.3, 0.4) is 0 Å². The van der Waals surface area contributed by atoms with Crippen molar-refractivity contribution in [3.63, 3.8) is 0 Å². The van der Waals surface area contributed by atoms with Crippen molar-refractivity contribution in [3.05, 3.63) is 29.3 Å². The lowest BCUT2D eigenvalue weighted by molar-refractivity contribution is 0.0827. The zero-order valence-electron chi connectivity index (χ0n) is 17.5. The molecule has 1 saturated heterocycles. The van der Waals surface area contributed by atoms with Gasteiger partial charge in [0.05, 0.1) is 11.2 Å². The van der Waals surface area contributed by atoms with E-state index in [1.165, 1.54) is 67.9 Å². The van der Waals surface area contributed by atoms with E-state index >= 15 is 0 Å². The largest absolute Gasteiger partial charge is 0.345 e. The Bertz CT molecular complexity index is 761. The highest BCUT2D eigenvalue weighted by Crippen LogP contribution is 2.48. The van der Waals surface area contributed by atoms with Crippen molar-refractivity contribution in [1.29, 1.82) is 0 Å². The van der Waals surface area contributed by atoms with Crippen LogP contribution in [0.2, 0.25) is 0 Å². The number of rotatable bonds is 4. The highest BCUT2D eigenvalue weighted by molar-refractivity contribution is 8.14. The molecule has 1 aromatic carbocycles. The minimum Gasteiger partial charge on any atom is -0.345 e. The van der Waals surface area contributed by atoms with Crippen LogP contribution in [0, 0.1) is 0 Å². The second kappa shape index (κ2) is 8.10. The van der Waals surface area contributed by atoms with Gasteiger partial charge in [-0.05, 0) is 55.9 Å². The monoisotopic (exact) mass is 399 g/mol.